The lowest BCUT2D eigenvalue weighted by Gasteiger charge is -2.05. The third kappa shape index (κ3) is 2.09. The zero-order valence-electron chi connectivity index (χ0n) is 9.55. The molecule has 6 heteroatoms. The SMILES string of the molecule is O=Cc1ccc(-n2ccc3c(Cl)nc(Cl)nc32)cc1. The zero-order chi connectivity index (χ0) is 13.4. The summed E-state index contributed by atoms with van der Waals surface area (Å²) in [6.07, 6.45) is 2.63. The highest BCUT2D eigenvalue weighted by Crippen LogP contribution is 2.25. The van der Waals surface area contributed by atoms with Crippen molar-refractivity contribution in [3.8, 4) is 5.69 Å². The molecule has 0 aliphatic heterocycles. The molecule has 0 fully saturated rings. The lowest BCUT2D eigenvalue weighted by Crippen LogP contribution is -1.95. The summed E-state index contributed by atoms with van der Waals surface area (Å²) < 4.78 is 1.84. The molecular formula is C13H7Cl2N3O. The Hall–Kier alpha value is -1.91. The molecule has 0 amide bonds. The van der Waals surface area contributed by atoms with Gasteiger partial charge in [-0.1, -0.05) is 11.6 Å². The minimum Gasteiger partial charge on any atom is -0.301 e. The number of benzene rings is 1. The second-order valence-electron chi connectivity index (χ2n) is 3.92. The Morgan fingerprint density at radius 3 is 2.47 bits per heavy atom. The van der Waals surface area contributed by atoms with Crippen LogP contribution in [0.5, 0.6) is 0 Å². The first-order valence-electron chi connectivity index (χ1n) is 5.45. The lowest BCUT2D eigenvalue weighted by atomic mass is 10.2. The minimum absolute atomic E-state index is 0.0990. The molecule has 94 valence electrons. The number of aromatic nitrogens is 3. The smallest absolute Gasteiger partial charge is 0.225 e. The maximum Gasteiger partial charge on any atom is 0.225 e. The maximum absolute atomic E-state index is 10.6. The number of hydrogen-bond acceptors (Lipinski definition) is 3. The Morgan fingerprint density at radius 2 is 1.79 bits per heavy atom. The molecule has 0 atom stereocenters. The molecule has 0 spiro atoms. The molecule has 3 rings (SSSR count). The van der Waals surface area contributed by atoms with E-state index in [0.29, 0.717) is 16.4 Å². The van der Waals surface area contributed by atoms with Crippen molar-refractivity contribution in [2.45, 2.75) is 0 Å². The number of nitrogens with zero attached hydrogens (tertiary/aromatic N) is 3. The van der Waals surface area contributed by atoms with E-state index in [0.717, 1.165) is 17.4 Å². The van der Waals surface area contributed by atoms with Gasteiger partial charge in [-0.3, -0.25) is 4.79 Å². The van der Waals surface area contributed by atoms with E-state index in [1.54, 1.807) is 12.1 Å². The predicted octanol–water partition coefficient (Wildman–Crippen LogP) is 3.54. The van der Waals surface area contributed by atoms with Gasteiger partial charge in [0.25, 0.3) is 0 Å². The molecule has 0 saturated heterocycles. The van der Waals surface area contributed by atoms with Crippen molar-refractivity contribution in [3.05, 3.63) is 52.5 Å². The van der Waals surface area contributed by atoms with Gasteiger partial charge in [0.1, 0.15) is 11.4 Å². The van der Waals surface area contributed by atoms with Crippen molar-refractivity contribution < 1.29 is 4.79 Å². The Labute approximate surface area is 118 Å². The minimum atomic E-state index is 0.0990. The summed E-state index contributed by atoms with van der Waals surface area (Å²) >= 11 is 11.8. The summed E-state index contributed by atoms with van der Waals surface area (Å²) in [7, 11) is 0. The molecule has 2 heterocycles. The van der Waals surface area contributed by atoms with Gasteiger partial charge in [0, 0.05) is 17.4 Å². The Bertz CT molecular complexity index is 765. The molecule has 0 N–H and O–H groups in total. The lowest BCUT2D eigenvalue weighted by molar-refractivity contribution is 0.112. The van der Waals surface area contributed by atoms with Crippen LogP contribution in [0, 0.1) is 0 Å². The number of fused-ring (bicyclic) bond motifs is 1. The molecule has 19 heavy (non-hydrogen) atoms. The summed E-state index contributed by atoms with van der Waals surface area (Å²) in [5.41, 5.74) is 2.11. The van der Waals surface area contributed by atoms with Crippen LogP contribution in [0.4, 0.5) is 0 Å². The molecule has 1 aromatic carbocycles. The highest BCUT2D eigenvalue weighted by atomic mass is 35.5. The molecule has 0 aliphatic carbocycles. The second kappa shape index (κ2) is 4.64. The molecule has 4 nitrogen and oxygen atoms in total. The fourth-order valence-corrected chi connectivity index (χ4v) is 2.31. The summed E-state index contributed by atoms with van der Waals surface area (Å²) in [5.74, 6) is 0. The first-order chi connectivity index (χ1) is 9.19. The predicted molar refractivity (Wildman–Crippen MR) is 74.3 cm³/mol. The average Bonchev–Trinajstić information content (AvgIpc) is 2.83. The third-order valence-corrected chi connectivity index (χ3v) is 3.23. The second-order valence-corrected chi connectivity index (χ2v) is 4.61. The van der Waals surface area contributed by atoms with E-state index in [-0.39, 0.29) is 5.28 Å². The number of carbonyl (C=O) groups is 1. The van der Waals surface area contributed by atoms with Gasteiger partial charge < -0.3 is 4.57 Å². The number of carbonyl (C=O) groups excluding carboxylic acids is 1. The molecular weight excluding hydrogens is 285 g/mol. The van der Waals surface area contributed by atoms with Crippen molar-refractivity contribution in [2.24, 2.45) is 0 Å². The summed E-state index contributed by atoms with van der Waals surface area (Å²) in [6.45, 7) is 0. The van der Waals surface area contributed by atoms with Crippen molar-refractivity contribution in [2.75, 3.05) is 0 Å². The van der Waals surface area contributed by atoms with Crippen molar-refractivity contribution in [1.82, 2.24) is 14.5 Å². The van der Waals surface area contributed by atoms with Crippen molar-refractivity contribution in [1.29, 1.82) is 0 Å². The number of rotatable bonds is 2. The van der Waals surface area contributed by atoms with Gasteiger partial charge >= 0.3 is 0 Å². The fraction of sp³-hybridized carbons (Fsp3) is 0. The number of halogens is 2. The first kappa shape index (κ1) is 12.1. The number of aldehydes is 1. The fourth-order valence-electron chi connectivity index (χ4n) is 1.87. The van der Waals surface area contributed by atoms with Gasteiger partial charge in [0.05, 0.1) is 5.39 Å². The molecule has 0 aliphatic rings. The van der Waals surface area contributed by atoms with E-state index in [1.807, 2.05) is 29.0 Å². The van der Waals surface area contributed by atoms with E-state index in [2.05, 4.69) is 9.97 Å². The van der Waals surface area contributed by atoms with Gasteiger partial charge in [-0.25, -0.2) is 4.98 Å². The average molecular weight is 292 g/mol. The van der Waals surface area contributed by atoms with Crippen LogP contribution >= 0.6 is 23.2 Å². The quantitative estimate of drug-likeness (QED) is 0.412. The molecule has 0 bridgehead atoms. The monoisotopic (exact) mass is 291 g/mol. The van der Waals surface area contributed by atoms with Crippen molar-refractivity contribution >= 4 is 40.5 Å². The highest BCUT2D eigenvalue weighted by molar-refractivity contribution is 6.35. The van der Waals surface area contributed by atoms with E-state index in [9.17, 15) is 4.79 Å². The summed E-state index contributed by atoms with van der Waals surface area (Å²) in [4.78, 5) is 18.7. The normalized spacial score (nSPS) is 10.8. The van der Waals surface area contributed by atoms with Crippen LogP contribution in [0.2, 0.25) is 10.4 Å². The topological polar surface area (TPSA) is 47.8 Å². The maximum atomic E-state index is 10.6. The Morgan fingerprint density at radius 1 is 1.05 bits per heavy atom. The van der Waals surface area contributed by atoms with Gasteiger partial charge in [-0.05, 0) is 41.9 Å². The molecule has 2 aromatic heterocycles. The van der Waals surface area contributed by atoms with Crippen LogP contribution in [0.1, 0.15) is 10.4 Å². The van der Waals surface area contributed by atoms with E-state index < -0.39 is 0 Å². The Kier molecular flexibility index (Phi) is 2.97. The first-order valence-corrected chi connectivity index (χ1v) is 6.20. The van der Waals surface area contributed by atoms with Crippen LogP contribution in [-0.2, 0) is 0 Å². The molecule has 3 aromatic rings. The van der Waals surface area contributed by atoms with Crippen LogP contribution < -0.4 is 0 Å². The molecule has 0 unspecified atom stereocenters. The summed E-state index contributed by atoms with van der Waals surface area (Å²) in [5, 5.41) is 1.14. The summed E-state index contributed by atoms with van der Waals surface area (Å²) in [6, 6.07) is 8.94. The van der Waals surface area contributed by atoms with E-state index in [1.165, 1.54) is 0 Å². The molecule has 0 saturated carbocycles. The van der Waals surface area contributed by atoms with Gasteiger partial charge in [-0.2, -0.15) is 4.98 Å². The van der Waals surface area contributed by atoms with E-state index in [4.69, 9.17) is 23.2 Å². The van der Waals surface area contributed by atoms with Gasteiger partial charge in [0.15, 0.2) is 5.65 Å². The van der Waals surface area contributed by atoms with Crippen LogP contribution in [-0.4, -0.2) is 20.8 Å². The highest BCUT2D eigenvalue weighted by Gasteiger charge is 2.10. The van der Waals surface area contributed by atoms with E-state index >= 15 is 0 Å². The largest absolute Gasteiger partial charge is 0.301 e. The van der Waals surface area contributed by atoms with Crippen LogP contribution in [0.25, 0.3) is 16.7 Å². The zero-order valence-corrected chi connectivity index (χ0v) is 11.1. The molecule has 0 radical (unpaired) electrons. The number of hydrogen-bond donors (Lipinski definition) is 0. The van der Waals surface area contributed by atoms with Gasteiger partial charge in [0.2, 0.25) is 5.28 Å². The van der Waals surface area contributed by atoms with Crippen LogP contribution in [0.3, 0.4) is 0 Å². The van der Waals surface area contributed by atoms with Crippen molar-refractivity contribution in [3.63, 3.8) is 0 Å². The Balaban J connectivity index is 2.21. The standard InChI is InChI=1S/C13H7Cl2N3O/c14-11-10-5-6-18(12(10)17-13(15)16-11)9-3-1-8(7-19)2-4-9/h1-7H. The third-order valence-electron chi connectivity index (χ3n) is 2.78. The van der Waals surface area contributed by atoms with Gasteiger partial charge in [-0.15, -0.1) is 0 Å². The van der Waals surface area contributed by atoms with Crippen LogP contribution in [0.15, 0.2) is 36.5 Å².